The van der Waals surface area contributed by atoms with Gasteiger partial charge in [-0.1, -0.05) is 6.42 Å². The molecule has 1 aromatic heterocycles. The standard InChI is InChI=1S/C14H19N3/c1-9-6-11-12(7-10(9)2)17-13(16-11)14(8-15)4-3-5-14/h6-7H,3-5,8,15H2,1-2H3,(H,16,17). The molecule has 3 rings (SSSR count). The quantitative estimate of drug-likeness (QED) is 0.831. The number of nitrogens with two attached hydrogens (primary N) is 1. The fourth-order valence-electron chi connectivity index (χ4n) is 2.66. The van der Waals surface area contributed by atoms with Crippen molar-refractivity contribution in [3.63, 3.8) is 0 Å². The van der Waals surface area contributed by atoms with Gasteiger partial charge in [0.25, 0.3) is 0 Å². The van der Waals surface area contributed by atoms with Crippen LogP contribution in [0.5, 0.6) is 0 Å². The number of hydrogen-bond acceptors (Lipinski definition) is 2. The van der Waals surface area contributed by atoms with Crippen molar-refractivity contribution in [2.75, 3.05) is 6.54 Å². The number of fused-ring (bicyclic) bond motifs is 1. The van der Waals surface area contributed by atoms with E-state index in [2.05, 4.69) is 31.0 Å². The molecule has 17 heavy (non-hydrogen) atoms. The van der Waals surface area contributed by atoms with E-state index >= 15 is 0 Å². The molecule has 0 atom stereocenters. The predicted octanol–water partition coefficient (Wildman–Crippen LogP) is 2.56. The van der Waals surface area contributed by atoms with Crippen molar-refractivity contribution in [1.82, 2.24) is 9.97 Å². The Hall–Kier alpha value is -1.35. The lowest BCUT2D eigenvalue weighted by atomic mass is 9.68. The number of nitrogens with one attached hydrogen (secondary N) is 1. The normalized spacial score (nSPS) is 18.3. The maximum Gasteiger partial charge on any atom is 0.114 e. The second kappa shape index (κ2) is 3.57. The van der Waals surface area contributed by atoms with Crippen molar-refractivity contribution in [3.8, 4) is 0 Å². The van der Waals surface area contributed by atoms with E-state index in [9.17, 15) is 0 Å². The first-order valence-electron chi connectivity index (χ1n) is 6.32. The van der Waals surface area contributed by atoms with Gasteiger partial charge >= 0.3 is 0 Å². The van der Waals surface area contributed by atoms with Gasteiger partial charge < -0.3 is 10.7 Å². The summed E-state index contributed by atoms with van der Waals surface area (Å²) in [4.78, 5) is 8.21. The highest BCUT2D eigenvalue weighted by Gasteiger charge is 2.40. The van der Waals surface area contributed by atoms with E-state index in [-0.39, 0.29) is 5.41 Å². The number of benzene rings is 1. The van der Waals surface area contributed by atoms with Gasteiger partial charge in [-0.2, -0.15) is 0 Å². The van der Waals surface area contributed by atoms with Gasteiger partial charge in [0.05, 0.1) is 11.0 Å². The summed E-state index contributed by atoms with van der Waals surface area (Å²) in [5, 5.41) is 0. The third-order valence-corrected chi connectivity index (χ3v) is 4.30. The van der Waals surface area contributed by atoms with Crippen LogP contribution in [-0.2, 0) is 5.41 Å². The Kier molecular flexibility index (Phi) is 2.26. The Morgan fingerprint density at radius 3 is 2.59 bits per heavy atom. The molecule has 2 aromatic rings. The van der Waals surface area contributed by atoms with Crippen LogP contribution in [0.1, 0.15) is 36.2 Å². The summed E-state index contributed by atoms with van der Waals surface area (Å²) in [5.74, 6) is 1.09. The van der Waals surface area contributed by atoms with Crippen molar-refractivity contribution >= 4 is 11.0 Å². The lowest BCUT2D eigenvalue weighted by Crippen LogP contribution is -2.42. The van der Waals surface area contributed by atoms with Crippen molar-refractivity contribution in [2.24, 2.45) is 5.73 Å². The smallest absolute Gasteiger partial charge is 0.114 e. The van der Waals surface area contributed by atoms with Crippen LogP contribution in [0.25, 0.3) is 11.0 Å². The summed E-state index contributed by atoms with van der Waals surface area (Å²) in [5.41, 5.74) is 10.9. The first-order valence-corrected chi connectivity index (χ1v) is 6.32. The Morgan fingerprint density at radius 2 is 2.00 bits per heavy atom. The maximum absolute atomic E-state index is 5.92. The molecule has 1 aliphatic rings. The van der Waals surface area contributed by atoms with E-state index in [0.29, 0.717) is 6.54 Å². The highest BCUT2D eigenvalue weighted by molar-refractivity contribution is 5.77. The van der Waals surface area contributed by atoms with Crippen molar-refractivity contribution in [1.29, 1.82) is 0 Å². The molecule has 90 valence electrons. The average molecular weight is 229 g/mol. The van der Waals surface area contributed by atoms with Crippen LogP contribution in [0, 0.1) is 13.8 Å². The van der Waals surface area contributed by atoms with Crippen LogP contribution >= 0.6 is 0 Å². The fraction of sp³-hybridized carbons (Fsp3) is 0.500. The number of aryl methyl sites for hydroxylation is 2. The molecule has 1 saturated carbocycles. The van der Waals surface area contributed by atoms with Crippen molar-refractivity contribution < 1.29 is 0 Å². The summed E-state index contributed by atoms with van der Waals surface area (Å²) in [6.07, 6.45) is 3.61. The molecule has 0 unspecified atom stereocenters. The minimum atomic E-state index is 0.126. The van der Waals surface area contributed by atoms with E-state index in [4.69, 9.17) is 10.7 Å². The minimum absolute atomic E-state index is 0.126. The molecular weight excluding hydrogens is 210 g/mol. The number of rotatable bonds is 2. The lowest BCUT2D eigenvalue weighted by Gasteiger charge is -2.38. The number of nitrogens with zero attached hydrogens (tertiary/aromatic N) is 1. The monoisotopic (exact) mass is 229 g/mol. The molecule has 3 N–H and O–H groups in total. The average Bonchev–Trinajstić information content (AvgIpc) is 2.61. The second-order valence-corrected chi connectivity index (χ2v) is 5.38. The Bertz CT molecular complexity index is 520. The summed E-state index contributed by atoms with van der Waals surface area (Å²) in [6.45, 7) is 4.97. The lowest BCUT2D eigenvalue weighted by molar-refractivity contribution is 0.240. The van der Waals surface area contributed by atoms with E-state index < -0.39 is 0 Å². The summed E-state index contributed by atoms with van der Waals surface area (Å²) in [7, 11) is 0. The van der Waals surface area contributed by atoms with E-state index in [1.807, 2.05) is 0 Å². The highest BCUT2D eigenvalue weighted by Crippen LogP contribution is 2.42. The SMILES string of the molecule is Cc1cc2nc(C3(CN)CCC3)[nH]c2cc1C. The van der Waals surface area contributed by atoms with Gasteiger partial charge in [-0.15, -0.1) is 0 Å². The van der Waals surface area contributed by atoms with E-state index in [0.717, 1.165) is 16.9 Å². The Balaban J connectivity index is 2.13. The predicted molar refractivity (Wildman–Crippen MR) is 70.2 cm³/mol. The molecule has 1 heterocycles. The van der Waals surface area contributed by atoms with E-state index in [1.54, 1.807) is 0 Å². The van der Waals surface area contributed by atoms with Gasteiger partial charge in [0.15, 0.2) is 0 Å². The van der Waals surface area contributed by atoms with Crippen LogP contribution in [-0.4, -0.2) is 16.5 Å². The summed E-state index contributed by atoms with van der Waals surface area (Å²) < 4.78 is 0. The molecule has 3 heteroatoms. The topological polar surface area (TPSA) is 54.7 Å². The molecule has 0 amide bonds. The van der Waals surface area contributed by atoms with Crippen molar-refractivity contribution in [2.45, 2.75) is 38.5 Å². The maximum atomic E-state index is 5.92. The van der Waals surface area contributed by atoms with Crippen LogP contribution in [0.2, 0.25) is 0 Å². The third-order valence-electron chi connectivity index (χ3n) is 4.30. The molecule has 1 fully saturated rings. The second-order valence-electron chi connectivity index (χ2n) is 5.38. The molecule has 0 saturated heterocycles. The summed E-state index contributed by atoms with van der Waals surface area (Å²) in [6, 6.07) is 4.34. The van der Waals surface area contributed by atoms with Gasteiger partial charge in [-0.3, -0.25) is 0 Å². The largest absolute Gasteiger partial charge is 0.341 e. The fourth-order valence-corrected chi connectivity index (χ4v) is 2.66. The first-order chi connectivity index (χ1) is 8.14. The van der Waals surface area contributed by atoms with Gasteiger partial charge in [0.2, 0.25) is 0 Å². The van der Waals surface area contributed by atoms with Gasteiger partial charge in [0.1, 0.15) is 5.82 Å². The first kappa shape index (κ1) is 10.8. The van der Waals surface area contributed by atoms with Crippen LogP contribution in [0.15, 0.2) is 12.1 Å². The Morgan fingerprint density at radius 1 is 1.29 bits per heavy atom. The molecule has 3 nitrogen and oxygen atoms in total. The number of aromatic nitrogens is 2. The summed E-state index contributed by atoms with van der Waals surface area (Å²) >= 11 is 0. The zero-order chi connectivity index (χ0) is 12.0. The number of imidazole rings is 1. The number of hydrogen-bond donors (Lipinski definition) is 2. The van der Waals surface area contributed by atoms with E-state index in [1.165, 1.54) is 30.4 Å². The van der Waals surface area contributed by atoms with Crippen LogP contribution in [0.3, 0.4) is 0 Å². The molecule has 0 radical (unpaired) electrons. The van der Waals surface area contributed by atoms with Gasteiger partial charge in [-0.05, 0) is 49.9 Å². The molecule has 1 aromatic carbocycles. The molecular formula is C14H19N3. The Labute approximate surface area is 101 Å². The number of aromatic amines is 1. The van der Waals surface area contributed by atoms with Crippen LogP contribution in [0.4, 0.5) is 0 Å². The number of H-pyrrole nitrogens is 1. The van der Waals surface area contributed by atoms with Crippen molar-refractivity contribution in [3.05, 3.63) is 29.1 Å². The van der Waals surface area contributed by atoms with Gasteiger partial charge in [-0.25, -0.2) is 4.98 Å². The molecule has 0 aliphatic heterocycles. The zero-order valence-electron chi connectivity index (χ0n) is 10.5. The van der Waals surface area contributed by atoms with Crippen LogP contribution < -0.4 is 5.73 Å². The molecule has 0 bridgehead atoms. The molecule has 1 aliphatic carbocycles. The molecule has 0 spiro atoms. The minimum Gasteiger partial charge on any atom is -0.341 e. The zero-order valence-corrected chi connectivity index (χ0v) is 10.5. The van der Waals surface area contributed by atoms with Gasteiger partial charge in [0, 0.05) is 12.0 Å². The third kappa shape index (κ3) is 1.49. The highest BCUT2D eigenvalue weighted by atomic mass is 15.0.